The van der Waals surface area contributed by atoms with Gasteiger partial charge < -0.3 is 10.1 Å². The number of carbonyl (C=O) groups is 1. The summed E-state index contributed by atoms with van der Waals surface area (Å²) in [4.78, 5) is 24.6. The fourth-order valence-corrected chi connectivity index (χ4v) is 2.14. The Morgan fingerprint density at radius 3 is 2.54 bits per heavy atom. The Morgan fingerprint density at radius 1 is 1.17 bits per heavy atom. The largest absolute Gasteiger partial charge is 0.497 e. The molecule has 0 aliphatic rings. The molecule has 8 nitrogen and oxygen atoms in total. The van der Waals surface area contributed by atoms with Crippen LogP contribution in [0.3, 0.4) is 0 Å². The summed E-state index contributed by atoms with van der Waals surface area (Å²) in [7, 11) is 1.61. The molecule has 0 unspecified atom stereocenters. The first-order valence-corrected chi connectivity index (χ1v) is 7.30. The van der Waals surface area contributed by atoms with Gasteiger partial charge in [-0.2, -0.15) is 5.10 Å². The van der Waals surface area contributed by atoms with E-state index in [-0.39, 0.29) is 17.6 Å². The van der Waals surface area contributed by atoms with E-state index in [1.807, 2.05) is 31.2 Å². The Hall–Kier alpha value is -3.29. The highest BCUT2D eigenvalue weighted by atomic mass is 16.5. The number of H-pyrrole nitrogens is 1. The second kappa shape index (κ2) is 6.86. The van der Waals surface area contributed by atoms with Crippen molar-refractivity contribution in [3.05, 3.63) is 54.2 Å². The molecule has 0 aliphatic carbocycles. The normalized spacial score (nSPS) is 11.8. The van der Waals surface area contributed by atoms with Crippen molar-refractivity contribution in [3.63, 3.8) is 0 Å². The number of aromatic nitrogens is 5. The number of benzene rings is 1. The van der Waals surface area contributed by atoms with E-state index in [0.29, 0.717) is 11.5 Å². The fourth-order valence-electron chi connectivity index (χ4n) is 2.14. The number of ether oxygens (including phenoxy) is 1. The van der Waals surface area contributed by atoms with Crippen molar-refractivity contribution in [2.24, 2.45) is 0 Å². The molecule has 1 aromatic carbocycles. The first-order valence-electron chi connectivity index (χ1n) is 7.30. The van der Waals surface area contributed by atoms with Crippen LogP contribution in [0.2, 0.25) is 0 Å². The van der Waals surface area contributed by atoms with E-state index < -0.39 is 0 Å². The van der Waals surface area contributed by atoms with Gasteiger partial charge in [0.1, 0.15) is 23.5 Å². The minimum atomic E-state index is -0.296. The van der Waals surface area contributed by atoms with Crippen LogP contribution in [0.1, 0.15) is 29.0 Å². The predicted molar refractivity (Wildman–Crippen MR) is 86.3 cm³/mol. The van der Waals surface area contributed by atoms with Gasteiger partial charge in [0.05, 0.1) is 25.5 Å². The molecule has 0 aliphatic heterocycles. The molecule has 0 bridgehead atoms. The quantitative estimate of drug-likeness (QED) is 0.741. The Labute approximate surface area is 138 Å². The van der Waals surface area contributed by atoms with Crippen molar-refractivity contribution in [2.75, 3.05) is 7.11 Å². The van der Waals surface area contributed by atoms with Crippen molar-refractivity contribution < 1.29 is 9.53 Å². The lowest BCUT2D eigenvalue weighted by Crippen LogP contribution is -2.27. The van der Waals surface area contributed by atoms with Gasteiger partial charge in [-0.15, -0.1) is 0 Å². The molecule has 0 saturated carbocycles. The van der Waals surface area contributed by atoms with E-state index in [1.165, 1.54) is 18.7 Å². The van der Waals surface area contributed by atoms with Gasteiger partial charge in [0.25, 0.3) is 5.91 Å². The summed E-state index contributed by atoms with van der Waals surface area (Å²) in [5.74, 6) is 0.974. The van der Waals surface area contributed by atoms with E-state index in [1.54, 1.807) is 7.11 Å². The summed E-state index contributed by atoms with van der Waals surface area (Å²) < 4.78 is 5.12. The molecule has 1 amide bonds. The van der Waals surface area contributed by atoms with E-state index >= 15 is 0 Å². The highest BCUT2D eigenvalue weighted by Crippen LogP contribution is 2.17. The maximum atomic E-state index is 12.3. The Morgan fingerprint density at radius 2 is 1.96 bits per heavy atom. The summed E-state index contributed by atoms with van der Waals surface area (Å²) in [6.07, 6.45) is 4.27. The lowest BCUT2D eigenvalue weighted by Gasteiger charge is -2.14. The predicted octanol–water partition coefficient (Wildman–Crippen LogP) is 1.76. The molecule has 3 rings (SSSR count). The number of amides is 1. The summed E-state index contributed by atoms with van der Waals surface area (Å²) in [6, 6.07) is 7.35. The summed E-state index contributed by atoms with van der Waals surface area (Å²) in [5.41, 5.74) is 1.72. The van der Waals surface area contributed by atoms with Gasteiger partial charge in [-0.05, 0) is 24.6 Å². The second-order valence-electron chi connectivity index (χ2n) is 5.09. The molecule has 2 heterocycles. The smallest absolute Gasteiger partial charge is 0.271 e. The zero-order valence-electron chi connectivity index (χ0n) is 13.2. The fraction of sp³-hybridized carbons (Fsp3) is 0.188. The molecule has 8 heteroatoms. The first-order chi connectivity index (χ1) is 11.7. The molecule has 24 heavy (non-hydrogen) atoms. The third-order valence-corrected chi connectivity index (χ3v) is 3.51. The van der Waals surface area contributed by atoms with E-state index in [9.17, 15) is 4.79 Å². The van der Waals surface area contributed by atoms with Gasteiger partial charge in [-0.1, -0.05) is 12.1 Å². The van der Waals surface area contributed by atoms with Crippen molar-refractivity contribution in [1.82, 2.24) is 30.5 Å². The molecule has 3 aromatic rings. The van der Waals surface area contributed by atoms with Crippen molar-refractivity contribution in [1.29, 1.82) is 0 Å². The van der Waals surface area contributed by atoms with Crippen molar-refractivity contribution in [2.45, 2.75) is 13.0 Å². The number of rotatable bonds is 5. The Bertz CT molecular complexity index is 800. The molecular formula is C16H16N6O2. The first kappa shape index (κ1) is 15.6. The van der Waals surface area contributed by atoms with Crippen LogP contribution in [-0.4, -0.2) is 38.2 Å². The number of methoxy groups -OCH3 is 1. The number of nitrogens with zero attached hydrogens (tertiary/aromatic N) is 4. The van der Waals surface area contributed by atoms with Crippen LogP contribution < -0.4 is 10.1 Å². The number of carbonyl (C=O) groups excluding carboxylic acids is 1. The van der Waals surface area contributed by atoms with Gasteiger partial charge in [0, 0.05) is 0 Å². The SMILES string of the molecule is COc1ccc([C@H](C)NC(=O)c2cnc(-c3ncn[nH]3)cn2)cc1. The molecule has 0 spiro atoms. The van der Waals surface area contributed by atoms with Crippen LogP contribution in [-0.2, 0) is 0 Å². The summed E-state index contributed by atoms with van der Waals surface area (Å²) in [5, 5.41) is 9.33. The topological polar surface area (TPSA) is 106 Å². The Balaban J connectivity index is 1.67. The van der Waals surface area contributed by atoms with Crippen LogP contribution in [0.15, 0.2) is 43.0 Å². The maximum Gasteiger partial charge on any atom is 0.271 e. The molecule has 1 atom stereocenters. The average Bonchev–Trinajstić information content (AvgIpc) is 3.16. The van der Waals surface area contributed by atoms with Gasteiger partial charge in [-0.3, -0.25) is 9.89 Å². The number of aromatic amines is 1. The number of hydrogen-bond donors (Lipinski definition) is 2. The van der Waals surface area contributed by atoms with E-state index in [0.717, 1.165) is 11.3 Å². The second-order valence-corrected chi connectivity index (χ2v) is 5.09. The molecule has 0 fully saturated rings. The van der Waals surface area contributed by atoms with Gasteiger partial charge in [0.15, 0.2) is 5.82 Å². The van der Waals surface area contributed by atoms with Gasteiger partial charge >= 0.3 is 0 Å². The lowest BCUT2D eigenvalue weighted by molar-refractivity contribution is 0.0934. The van der Waals surface area contributed by atoms with Crippen LogP contribution in [0.5, 0.6) is 5.75 Å². The number of hydrogen-bond acceptors (Lipinski definition) is 6. The number of nitrogens with one attached hydrogen (secondary N) is 2. The van der Waals surface area contributed by atoms with Crippen LogP contribution in [0.25, 0.3) is 11.5 Å². The molecule has 122 valence electrons. The molecule has 2 aromatic heterocycles. The Kier molecular flexibility index (Phi) is 4.46. The average molecular weight is 324 g/mol. The third kappa shape index (κ3) is 3.37. The molecule has 2 N–H and O–H groups in total. The highest BCUT2D eigenvalue weighted by Gasteiger charge is 2.14. The summed E-state index contributed by atoms with van der Waals surface area (Å²) >= 11 is 0. The van der Waals surface area contributed by atoms with Gasteiger partial charge in [-0.25, -0.2) is 15.0 Å². The van der Waals surface area contributed by atoms with Crippen LogP contribution in [0, 0.1) is 0 Å². The molecule has 0 radical (unpaired) electrons. The van der Waals surface area contributed by atoms with Crippen molar-refractivity contribution >= 4 is 5.91 Å². The zero-order valence-corrected chi connectivity index (χ0v) is 13.2. The minimum Gasteiger partial charge on any atom is -0.497 e. The van der Waals surface area contributed by atoms with Crippen molar-refractivity contribution in [3.8, 4) is 17.3 Å². The standard InChI is InChI=1S/C16H16N6O2/c1-10(11-3-5-12(24-2)6-4-11)21-16(23)14-8-17-13(7-18-14)15-19-9-20-22-15/h3-10H,1-2H3,(H,21,23)(H,19,20,22)/t10-/m0/s1. The highest BCUT2D eigenvalue weighted by molar-refractivity contribution is 5.92. The van der Waals surface area contributed by atoms with Crippen LogP contribution in [0.4, 0.5) is 0 Å². The third-order valence-electron chi connectivity index (χ3n) is 3.51. The lowest BCUT2D eigenvalue weighted by atomic mass is 10.1. The molecule has 0 saturated heterocycles. The van der Waals surface area contributed by atoms with E-state index in [4.69, 9.17) is 4.74 Å². The minimum absolute atomic E-state index is 0.167. The summed E-state index contributed by atoms with van der Waals surface area (Å²) in [6.45, 7) is 1.90. The monoisotopic (exact) mass is 324 g/mol. The maximum absolute atomic E-state index is 12.3. The van der Waals surface area contributed by atoms with Crippen LogP contribution >= 0.6 is 0 Å². The zero-order chi connectivity index (χ0) is 16.9. The molecular weight excluding hydrogens is 308 g/mol. The van der Waals surface area contributed by atoms with E-state index in [2.05, 4.69) is 30.5 Å². The van der Waals surface area contributed by atoms with Gasteiger partial charge in [0.2, 0.25) is 0 Å².